The molecule has 132 valence electrons. The van der Waals surface area contributed by atoms with Crippen LogP contribution in [0.4, 0.5) is 0 Å². The van der Waals surface area contributed by atoms with Crippen molar-refractivity contribution < 1.29 is 13.2 Å². The molecular formula is C16H24N4O3S. The Labute approximate surface area is 143 Å². The van der Waals surface area contributed by atoms with Gasteiger partial charge in [0.15, 0.2) is 0 Å². The first-order valence-electron chi connectivity index (χ1n) is 8.21. The highest BCUT2D eigenvalue weighted by atomic mass is 32.2. The van der Waals surface area contributed by atoms with Gasteiger partial charge < -0.3 is 4.90 Å². The highest BCUT2D eigenvalue weighted by Gasteiger charge is 2.41. The first kappa shape index (κ1) is 17.3. The first-order chi connectivity index (χ1) is 11.3. The molecule has 4 heterocycles. The quantitative estimate of drug-likeness (QED) is 0.804. The molecule has 0 spiro atoms. The van der Waals surface area contributed by atoms with Crippen molar-refractivity contribution in [2.75, 3.05) is 33.7 Å². The molecule has 1 amide bonds. The summed E-state index contributed by atoms with van der Waals surface area (Å²) in [5.41, 5.74) is 1.24. The number of hydrogen-bond acceptors (Lipinski definition) is 4. The Bertz CT molecular complexity index is 735. The third-order valence-corrected chi connectivity index (χ3v) is 6.71. The first-order valence-corrected chi connectivity index (χ1v) is 9.61. The molecule has 7 nitrogen and oxygen atoms in total. The second-order valence-electron chi connectivity index (χ2n) is 6.83. The number of nitrogens with zero attached hydrogens (tertiary/aromatic N) is 4. The lowest BCUT2D eigenvalue weighted by Crippen LogP contribution is -2.48. The van der Waals surface area contributed by atoms with Gasteiger partial charge in [-0.05, 0) is 37.8 Å². The van der Waals surface area contributed by atoms with Gasteiger partial charge in [0.2, 0.25) is 0 Å². The summed E-state index contributed by atoms with van der Waals surface area (Å²) >= 11 is 0. The number of aryl methyl sites for hydroxylation is 1. The number of rotatable bonds is 3. The average molecular weight is 352 g/mol. The van der Waals surface area contributed by atoms with E-state index in [1.165, 1.54) is 8.61 Å². The molecule has 0 unspecified atom stereocenters. The maximum atomic E-state index is 12.9. The number of aromatic nitrogens is 1. The molecule has 0 N–H and O–H groups in total. The number of pyridine rings is 1. The molecule has 3 aliphatic heterocycles. The highest BCUT2D eigenvalue weighted by Crippen LogP contribution is 2.30. The second-order valence-corrected chi connectivity index (χ2v) is 8.97. The van der Waals surface area contributed by atoms with Crippen molar-refractivity contribution in [3.63, 3.8) is 0 Å². The zero-order valence-electron chi connectivity index (χ0n) is 14.3. The Kier molecular flexibility index (Phi) is 4.63. The normalized spacial score (nSPS) is 25.1. The van der Waals surface area contributed by atoms with Gasteiger partial charge in [0, 0.05) is 45.5 Å². The number of carbonyl (C=O) groups is 1. The standard InChI is InChI=1S/C16H24N4O3S/c1-12-5-4-6-15(17-12)16(21)20-10-13-7-8-14(20)11-19(9-13)24(22,23)18(2)3/h4-6,13-14H,7-11H2,1-3H3/t13-,14+/m1/s1. The third-order valence-electron chi connectivity index (χ3n) is 4.84. The van der Waals surface area contributed by atoms with Crippen LogP contribution in [0.3, 0.4) is 0 Å². The SMILES string of the molecule is Cc1cccc(C(=O)N2C[C@@H]3CC[C@H]2CN(S(=O)(=O)N(C)C)C3)n1. The van der Waals surface area contributed by atoms with Gasteiger partial charge in [0.25, 0.3) is 16.1 Å². The molecule has 0 aliphatic carbocycles. The van der Waals surface area contributed by atoms with Gasteiger partial charge >= 0.3 is 0 Å². The Balaban J connectivity index is 1.85. The summed E-state index contributed by atoms with van der Waals surface area (Å²) in [6.45, 7) is 3.28. The predicted octanol–water partition coefficient (Wildman–Crippen LogP) is 0.733. The van der Waals surface area contributed by atoms with Gasteiger partial charge in [0.1, 0.15) is 5.69 Å². The minimum absolute atomic E-state index is 0.0895. The van der Waals surface area contributed by atoms with Crippen molar-refractivity contribution >= 4 is 16.1 Å². The number of fused-ring (bicyclic) bond motifs is 4. The van der Waals surface area contributed by atoms with Gasteiger partial charge in [-0.15, -0.1) is 0 Å². The monoisotopic (exact) mass is 352 g/mol. The zero-order chi connectivity index (χ0) is 17.5. The Morgan fingerprint density at radius 2 is 1.96 bits per heavy atom. The summed E-state index contributed by atoms with van der Waals surface area (Å²) in [4.78, 5) is 19.0. The van der Waals surface area contributed by atoms with Crippen LogP contribution in [-0.4, -0.2) is 72.6 Å². The minimum atomic E-state index is -3.46. The van der Waals surface area contributed by atoms with Gasteiger partial charge in [0.05, 0.1) is 0 Å². The Morgan fingerprint density at radius 1 is 1.21 bits per heavy atom. The van der Waals surface area contributed by atoms with Crippen LogP contribution >= 0.6 is 0 Å². The number of hydrogen-bond donors (Lipinski definition) is 0. The maximum Gasteiger partial charge on any atom is 0.281 e. The Hall–Kier alpha value is -1.51. The highest BCUT2D eigenvalue weighted by molar-refractivity contribution is 7.86. The molecular weight excluding hydrogens is 328 g/mol. The fourth-order valence-corrected chi connectivity index (χ4v) is 4.74. The third kappa shape index (κ3) is 3.18. The van der Waals surface area contributed by atoms with E-state index in [9.17, 15) is 13.2 Å². The van der Waals surface area contributed by atoms with E-state index in [-0.39, 0.29) is 17.9 Å². The van der Waals surface area contributed by atoms with Crippen molar-refractivity contribution in [2.45, 2.75) is 25.8 Å². The lowest BCUT2D eigenvalue weighted by Gasteiger charge is -2.36. The van der Waals surface area contributed by atoms with Gasteiger partial charge in [-0.1, -0.05) is 6.07 Å². The second kappa shape index (κ2) is 6.42. The molecule has 8 heteroatoms. The molecule has 0 saturated carbocycles. The van der Waals surface area contributed by atoms with E-state index in [4.69, 9.17) is 0 Å². The number of carbonyl (C=O) groups excluding carboxylic acids is 1. The fraction of sp³-hybridized carbons (Fsp3) is 0.625. The van der Waals surface area contributed by atoms with Crippen LogP contribution < -0.4 is 0 Å². The van der Waals surface area contributed by atoms with Crippen molar-refractivity contribution in [1.29, 1.82) is 0 Å². The lowest BCUT2D eigenvalue weighted by atomic mass is 9.94. The van der Waals surface area contributed by atoms with E-state index in [2.05, 4.69) is 4.98 Å². The molecule has 3 aliphatic rings. The topological polar surface area (TPSA) is 73.8 Å². The zero-order valence-corrected chi connectivity index (χ0v) is 15.2. The van der Waals surface area contributed by atoms with Crippen molar-refractivity contribution in [3.05, 3.63) is 29.6 Å². The summed E-state index contributed by atoms with van der Waals surface area (Å²) in [6, 6.07) is 5.32. The summed E-state index contributed by atoms with van der Waals surface area (Å²) in [5, 5.41) is 0. The molecule has 0 aromatic carbocycles. The van der Waals surface area contributed by atoms with Crippen LogP contribution in [0.5, 0.6) is 0 Å². The van der Waals surface area contributed by atoms with Gasteiger partial charge in [-0.3, -0.25) is 4.79 Å². The van der Waals surface area contributed by atoms with Crippen LogP contribution in [0.15, 0.2) is 18.2 Å². The van der Waals surface area contributed by atoms with E-state index in [1.807, 2.05) is 24.0 Å². The summed E-state index contributed by atoms with van der Waals surface area (Å²) in [5.74, 6) is 0.0738. The van der Waals surface area contributed by atoms with Crippen LogP contribution in [-0.2, 0) is 10.2 Å². The van der Waals surface area contributed by atoms with Gasteiger partial charge in [-0.2, -0.15) is 17.0 Å². The van der Waals surface area contributed by atoms with Crippen molar-refractivity contribution in [2.24, 2.45) is 5.92 Å². The predicted molar refractivity (Wildman–Crippen MR) is 90.7 cm³/mol. The smallest absolute Gasteiger partial charge is 0.281 e. The molecule has 2 atom stereocenters. The Morgan fingerprint density at radius 3 is 2.62 bits per heavy atom. The minimum Gasteiger partial charge on any atom is -0.333 e. The fourth-order valence-electron chi connectivity index (χ4n) is 3.52. The van der Waals surface area contributed by atoms with Crippen LogP contribution in [0.1, 0.15) is 29.0 Å². The lowest BCUT2D eigenvalue weighted by molar-refractivity contribution is 0.0582. The average Bonchev–Trinajstić information content (AvgIpc) is 2.86. The molecule has 0 radical (unpaired) electrons. The summed E-state index contributed by atoms with van der Waals surface area (Å²) in [6.07, 6.45) is 1.79. The van der Waals surface area contributed by atoms with Crippen molar-refractivity contribution in [1.82, 2.24) is 18.5 Å². The molecule has 1 aromatic rings. The van der Waals surface area contributed by atoms with Crippen LogP contribution in [0, 0.1) is 12.8 Å². The molecule has 3 saturated heterocycles. The number of amides is 1. The maximum absolute atomic E-state index is 12.9. The molecule has 1 aromatic heterocycles. The van der Waals surface area contributed by atoms with E-state index in [1.54, 1.807) is 20.2 Å². The largest absolute Gasteiger partial charge is 0.333 e. The van der Waals surface area contributed by atoms with Gasteiger partial charge in [-0.25, -0.2) is 4.98 Å². The summed E-state index contributed by atoms with van der Waals surface area (Å²) < 4.78 is 27.7. The van der Waals surface area contributed by atoms with E-state index >= 15 is 0 Å². The molecule has 2 bridgehead atoms. The van der Waals surface area contributed by atoms with E-state index in [0.29, 0.717) is 25.3 Å². The molecule has 24 heavy (non-hydrogen) atoms. The number of piperidine rings is 1. The summed E-state index contributed by atoms with van der Waals surface area (Å²) in [7, 11) is -0.370. The van der Waals surface area contributed by atoms with Crippen LogP contribution in [0.25, 0.3) is 0 Å². The van der Waals surface area contributed by atoms with Crippen molar-refractivity contribution in [3.8, 4) is 0 Å². The van der Waals surface area contributed by atoms with E-state index < -0.39 is 10.2 Å². The molecule has 4 rings (SSSR count). The van der Waals surface area contributed by atoms with Crippen LogP contribution in [0.2, 0.25) is 0 Å². The van der Waals surface area contributed by atoms with E-state index in [0.717, 1.165) is 18.5 Å². The molecule has 3 fully saturated rings.